The number of nitrogens with two attached hydrogens (primary N) is 1. The maximum absolute atomic E-state index is 12.2. The number of thiazole rings is 1. The van der Waals surface area contributed by atoms with Crippen molar-refractivity contribution < 1.29 is 10.0 Å². The number of amides is 1. The van der Waals surface area contributed by atoms with Gasteiger partial charge in [0.15, 0.2) is 5.84 Å². The van der Waals surface area contributed by atoms with Crippen LogP contribution in [0.5, 0.6) is 0 Å². The summed E-state index contributed by atoms with van der Waals surface area (Å²) in [7, 11) is 0. The topological polar surface area (TPSA) is 91.8 Å². The molecule has 6 nitrogen and oxygen atoms in total. The van der Waals surface area contributed by atoms with E-state index in [-0.39, 0.29) is 16.5 Å². The highest BCUT2D eigenvalue weighted by Crippen LogP contribution is 2.35. The van der Waals surface area contributed by atoms with Crippen LogP contribution in [-0.4, -0.2) is 50.9 Å². The summed E-state index contributed by atoms with van der Waals surface area (Å²) in [4.78, 5) is 18.0. The first kappa shape index (κ1) is 14.1. The average Bonchev–Trinajstić information content (AvgIpc) is 3.00. The van der Waals surface area contributed by atoms with Gasteiger partial charge in [-0.2, -0.15) is 11.8 Å². The van der Waals surface area contributed by atoms with Crippen molar-refractivity contribution in [3.8, 4) is 0 Å². The number of amidine groups is 1. The van der Waals surface area contributed by atoms with E-state index in [0.717, 1.165) is 0 Å². The molecular formula is C11H16N4O2S2. The molecule has 0 unspecified atom stereocenters. The molecule has 1 saturated heterocycles. The minimum absolute atomic E-state index is 0.0459. The van der Waals surface area contributed by atoms with Crippen molar-refractivity contribution in [2.75, 3.05) is 19.3 Å². The molecule has 8 heteroatoms. The quantitative estimate of drug-likeness (QED) is 0.379. The molecule has 104 valence electrons. The minimum atomic E-state index is -0.367. The number of oxime groups is 1. The smallest absolute Gasteiger partial charge is 0.273 e. The number of piperidine rings is 1. The molecule has 1 aliphatic rings. The summed E-state index contributed by atoms with van der Waals surface area (Å²) in [6.45, 7) is 1.18. The molecule has 19 heavy (non-hydrogen) atoms. The van der Waals surface area contributed by atoms with Gasteiger partial charge in [-0.1, -0.05) is 5.16 Å². The first-order chi connectivity index (χ1) is 9.13. The van der Waals surface area contributed by atoms with Gasteiger partial charge in [0.1, 0.15) is 5.69 Å². The molecule has 0 atom stereocenters. The van der Waals surface area contributed by atoms with Gasteiger partial charge in [-0.3, -0.25) is 4.79 Å². The van der Waals surface area contributed by atoms with Crippen LogP contribution in [0.2, 0.25) is 0 Å². The van der Waals surface area contributed by atoms with Gasteiger partial charge in [-0.25, -0.2) is 4.98 Å². The first-order valence-electron chi connectivity index (χ1n) is 5.83. The third-order valence-corrected chi connectivity index (χ3v) is 5.46. The van der Waals surface area contributed by atoms with E-state index in [2.05, 4.69) is 10.1 Å². The number of likely N-dealkylation sites (tertiary alicyclic amines) is 1. The van der Waals surface area contributed by atoms with Gasteiger partial charge in [0, 0.05) is 18.5 Å². The van der Waals surface area contributed by atoms with E-state index in [0.29, 0.717) is 31.6 Å². The fraction of sp³-hybridized carbons (Fsp3) is 0.545. The maximum Gasteiger partial charge on any atom is 0.273 e. The van der Waals surface area contributed by atoms with E-state index in [9.17, 15) is 4.79 Å². The second-order valence-electron chi connectivity index (χ2n) is 4.35. The molecule has 0 saturated carbocycles. The van der Waals surface area contributed by atoms with Crippen LogP contribution in [0.25, 0.3) is 0 Å². The Balaban J connectivity index is 2.04. The Morgan fingerprint density at radius 1 is 1.63 bits per heavy atom. The van der Waals surface area contributed by atoms with Gasteiger partial charge in [-0.05, 0) is 19.1 Å². The normalized spacial score (nSPS) is 19.4. The summed E-state index contributed by atoms with van der Waals surface area (Å²) >= 11 is 2.98. The Morgan fingerprint density at radius 2 is 2.32 bits per heavy atom. The summed E-state index contributed by atoms with van der Waals surface area (Å²) < 4.78 is -0.367. The summed E-state index contributed by atoms with van der Waals surface area (Å²) in [6.07, 6.45) is 3.30. The molecule has 1 aromatic heterocycles. The summed E-state index contributed by atoms with van der Waals surface area (Å²) in [6, 6.07) is 0. The second kappa shape index (κ2) is 5.79. The molecule has 3 N–H and O–H groups in total. The van der Waals surface area contributed by atoms with Crippen molar-refractivity contribution in [1.82, 2.24) is 9.88 Å². The average molecular weight is 300 g/mol. The van der Waals surface area contributed by atoms with Crippen LogP contribution in [0.15, 0.2) is 16.0 Å². The van der Waals surface area contributed by atoms with Crippen molar-refractivity contribution in [3.05, 3.63) is 16.6 Å². The lowest BCUT2D eigenvalue weighted by molar-refractivity contribution is 0.0712. The molecule has 0 bridgehead atoms. The van der Waals surface area contributed by atoms with Crippen molar-refractivity contribution in [2.24, 2.45) is 10.9 Å². The minimum Gasteiger partial charge on any atom is -0.409 e. The highest BCUT2D eigenvalue weighted by Gasteiger charge is 2.39. The summed E-state index contributed by atoms with van der Waals surface area (Å²) in [5, 5.41) is 13.8. The van der Waals surface area contributed by atoms with Crippen LogP contribution in [0.3, 0.4) is 0 Å². The zero-order valence-corrected chi connectivity index (χ0v) is 12.2. The van der Waals surface area contributed by atoms with E-state index in [1.807, 2.05) is 6.26 Å². The molecule has 0 aromatic carbocycles. The molecule has 1 aromatic rings. The summed E-state index contributed by atoms with van der Waals surface area (Å²) in [5.41, 5.74) is 7.92. The van der Waals surface area contributed by atoms with Gasteiger partial charge in [0.2, 0.25) is 0 Å². The highest BCUT2D eigenvalue weighted by atomic mass is 32.2. The summed E-state index contributed by atoms with van der Waals surface area (Å²) in [5.74, 6) is 0.191. The van der Waals surface area contributed by atoms with Crippen molar-refractivity contribution in [1.29, 1.82) is 0 Å². The van der Waals surface area contributed by atoms with Crippen LogP contribution in [0.1, 0.15) is 23.3 Å². The van der Waals surface area contributed by atoms with E-state index in [1.165, 1.54) is 11.3 Å². The first-order valence-corrected chi connectivity index (χ1v) is 8.00. The Bertz CT molecular complexity index is 467. The van der Waals surface area contributed by atoms with E-state index in [4.69, 9.17) is 10.9 Å². The maximum atomic E-state index is 12.2. The van der Waals surface area contributed by atoms with Crippen molar-refractivity contribution >= 4 is 34.8 Å². The third kappa shape index (κ3) is 2.69. The molecular weight excluding hydrogens is 284 g/mol. The van der Waals surface area contributed by atoms with Crippen LogP contribution in [0, 0.1) is 0 Å². The molecule has 2 heterocycles. The molecule has 2 rings (SSSR count). The number of hydrogen-bond acceptors (Lipinski definition) is 6. The van der Waals surface area contributed by atoms with Crippen LogP contribution in [-0.2, 0) is 0 Å². The van der Waals surface area contributed by atoms with Crippen LogP contribution in [0.4, 0.5) is 0 Å². The van der Waals surface area contributed by atoms with Crippen LogP contribution < -0.4 is 5.73 Å². The van der Waals surface area contributed by atoms with E-state index in [1.54, 1.807) is 27.6 Å². The number of aromatic nitrogens is 1. The number of nitrogens with zero attached hydrogens (tertiary/aromatic N) is 3. The monoisotopic (exact) mass is 300 g/mol. The molecule has 1 aliphatic heterocycles. The van der Waals surface area contributed by atoms with Gasteiger partial charge < -0.3 is 15.8 Å². The zero-order chi connectivity index (χ0) is 13.9. The van der Waals surface area contributed by atoms with E-state index >= 15 is 0 Å². The predicted octanol–water partition coefficient (Wildman–Crippen LogP) is 1.23. The van der Waals surface area contributed by atoms with Gasteiger partial charge in [0.05, 0.1) is 10.3 Å². The van der Waals surface area contributed by atoms with E-state index < -0.39 is 0 Å². The SMILES string of the molecule is CSC1(C(N)=NO)CCN(C(=O)c2cscn2)CC1. The largest absolute Gasteiger partial charge is 0.409 e. The predicted molar refractivity (Wildman–Crippen MR) is 76.9 cm³/mol. The number of carbonyl (C=O) groups is 1. The molecule has 0 aliphatic carbocycles. The fourth-order valence-corrected chi connectivity index (χ4v) is 3.57. The molecule has 0 radical (unpaired) electrons. The van der Waals surface area contributed by atoms with Crippen molar-refractivity contribution in [2.45, 2.75) is 17.6 Å². The molecule has 1 amide bonds. The second-order valence-corrected chi connectivity index (χ2v) is 6.26. The van der Waals surface area contributed by atoms with Gasteiger partial charge in [0.25, 0.3) is 5.91 Å². The fourth-order valence-electron chi connectivity index (χ4n) is 2.21. The Morgan fingerprint density at radius 3 is 2.79 bits per heavy atom. The third-order valence-electron chi connectivity index (χ3n) is 3.48. The lowest BCUT2D eigenvalue weighted by Crippen LogP contribution is -2.51. The number of hydrogen-bond donors (Lipinski definition) is 2. The Labute approximate surface area is 119 Å². The molecule has 0 spiro atoms. The standard InChI is InChI=1S/C11H16N4O2S2/c1-18-11(10(12)14-17)2-4-15(5-3-11)9(16)8-6-19-7-13-8/h6-7,17H,2-5H2,1H3,(H2,12,14). The Hall–Kier alpha value is -1.28. The number of thioether (sulfide) groups is 1. The lowest BCUT2D eigenvalue weighted by atomic mass is 9.94. The Kier molecular flexibility index (Phi) is 4.31. The number of carbonyl (C=O) groups excluding carboxylic acids is 1. The molecule has 1 fully saturated rings. The zero-order valence-electron chi connectivity index (χ0n) is 10.6. The van der Waals surface area contributed by atoms with Gasteiger partial charge in [-0.15, -0.1) is 11.3 Å². The van der Waals surface area contributed by atoms with Crippen LogP contribution >= 0.6 is 23.1 Å². The lowest BCUT2D eigenvalue weighted by Gasteiger charge is -2.39. The number of rotatable bonds is 3. The highest BCUT2D eigenvalue weighted by molar-refractivity contribution is 8.00. The van der Waals surface area contributed by atoms with Crippen molar-refractivity contribution in [3.63, 3.8) is 0 Å². The van der Waals surface area contributed by atoms with Gasteiger partial charge >= 0.3 is 0 Å².